The summed E-state index contributed by atoms with van der Waals surface area (Å²) in [6.45, 7) is 0. The van der Waals surface area contributed by atoms with Gasteiger partial charge in [-0.15, -0.1) is 0 Å². The van der Waals surface area contributed by atoms with Crippen LogP contribution in [-0.4, -0.2) is 24.6 Å². The fraction of sp³-hybridized carbons (Fsp3) is 0.0526. The maximum atomic E-state index is 12.1. The molecule has 0 saturated heterocycles. The average molecular weight is 467 g/mol. The molecule has 1 aliphatic rings. The van der Waals surface area contributed by atoms with E-state index in [-0.39, 0.29) is 11.1 Å². The van der Waals surface area contributed by atoms with Crippen LogP contribution in [0.25, 0.3) is 11.1 Å². The Balaban J connectivity index is 2.38. The number of fused-ring (bicyclic) bond motifs is 3. The van der Waals surface area contributed by atoms with Gasteiger partial charge in [0.1, 0.15) is 0 Å². The van der Waals surface area contributed by atoms with Crippen molar-refractivity contribution in [3.8, 4) is 11.1 Å². The monoisotopic (exact) mass is 467 g/mol. The Bertz CT molecular complexity index is 1450. The number of nitrogens with zero attached hydrogens (tertiary/aromatic N) is 5. The third kappa shape index (κ3) is 2.99. The molecule has 0 radical (unpaired) electrons. The van der Waals surface area contributed by atoms with Crippen LogP contribution in [0.3, 0.4) is 0 Å². The van der Waals surface area contributed by atoms with E-state index >= 15 is 0 Å². The molecule has 1 aliphatic carbocycles. The van der Waals surface area contributed by atoms with Crippen LogP contribution >= 0.6 is 0 Å². The molecule has 0 saturated carbocycles. The highest BCUT2D eigenvalue weighted by Crippen LogP contribution is 2.62. The standard InChI is InChI=1S/C19H9N5O10/c25-20(26)11-8-4-7-10-12(9-5-2-1-3-6-9)14-15(13(10)11)17(22(29)30)19(24(33)34)18(23(31)32)16(14)21(27)28/h1-8,12H. The van der Waals surface area contributed by atoms with Gasteiger partial charge >= 0.3 is 22.7 Å². The molecule has 0 spiro atoms. The van der Waals surface area contributed by atoms with Gasteiger partial charge in [0, 0.05) is 12.0 Å². The van der Waals surface area contributed by atoms with Crippen LogP contribution < -0.4 is 0 Å². The van der Waals surface area contributed by atoms with Crippen molar-refractivity contribution in [2.24, 2.45) is 0 Å². The Labute approximate surface area is 186 Å². The smallest absolute Gasteiger partial charge is 0.258 e. The highest BCUT2D eigenvalue weighted by atomic mass is 16.7. The molecule has 4 rings (SSSR count). The lowest BCUT2D eigenvalue weighted by molar-refractivity contribution is -0.451. The van der Waals surface area contributed by atoms with E-state index in [1.54, 1.807) is 6.07 Å². The van der Waals surface area contributed by atoms with Crippen LogP contribution in [0, 0.1) is 50.6 Å². The molecule has 0 N–H and O–H groups in total. The molecule has 3 aromatic rings. The molecule has 0 aromatic heterocycles. The first-order valence-corrected chi connectivity index (χ1v) is 9.21. The van der Waals surface area contributed by atoms with Crippen molar-refractivity contribution < 1.29 is 24.6 Å². The van der Waals surface area contributed by atoms with Crippen LogP contribution in [0.1, 0.15) is 22.6 Å². The van der Waals surface area contributed by atoms with Crippen molar-refractivity contribution in [3.05, 3.63) is 116 Å². The lowest BCUT2D eigenvalue weighted by Crippen LogP contribution is -2.10. The second kappa shape index (κ2) is 7.66. The largest absolute Gasteiger partial charge is 0.430 e. The molecule has 0 aliphatic heterocycles. The summed E-state index contributed by atoms with van der Waals surface area (Å²) in [6, 6.07) is 11.2. The van der Waals surface area contributed by atoms with Crippen molar-refractivity contribution in [3.63, 3.8) is 0 Å². The molecule has 34 heavy (non-hydrogen) atoms. The van der Waals surface area contributed by atoms with E-state index in [4.69, 9.17) is 0 Å². The highest BCUT2D eigenvalue weighted by molar-refractivity contribution is 6.00. The third-order valence-corrected chi connectivity index (χ3v) is 5.42. The molecular weight excluding hydrogens is 458 g/mol. The minimum Gasteiger partial charge on any atom is -0.258 e. The minimum atomic E-state index is -1.72. The molecule has 1 atom stereocenters. The van der Waals surface area contributed by atoms with Crippen molar-refractivity contribution in [1.29, 1.82) is 0 Å². The molecule has 15 nitrogen and oxygen atoms in total. The Kier molecular flexibility index (Phi) is 4.93. The first kappa shape index (κ1) is 21.9. The molecule has 15 heteroatoms. The zero-order valence-corrected chi connectivity index (χ0v) is 16.5. The third-order valence-electron chi connectivity index (χ3n) is 5.42. The predicted octanol–water partition coefficient (Wildman–Crippen LogP) is 4.39. The molecular formula is C19H9N5O10. The van der Waals surface area contributed by atoms with Gasteiger partial charge in [0.05, 0.1) is 41.3 Å². The average Bonchev–Trinajstić information content (AvgIpc) is 3.11. The molecule has 0 bridgehead atoms. The molecule has 3 aromatic carbocycles. The normalized spacial score (nSPS) is 13.6. The van der Waals surface area contributed by atoms with Crippen LogP contribution in [-0.2, 0) is 0 Å². The summed E-state index contributed by atoms with van der Waals surface area (Å²) in [4.78, 5) is 53.1. The van der Waals surface area contributed by atoms with Crippen LogP contribution in [0.4, 0.5) is 28.4 Å². The number of benzene rings is 3. The predicted molar refractivity (Wildman–Crippen MR) is 113 cm³/mol. The van der Waals surface area contributed by atoms with E-state index in [1.807, 2.05) is 0 Å². The summed E-state index contributed by atoms with van der Waals surface area (Å²) in [5, 5.41) is 59.4. The fourth-order valence-electron chi connectivity index (χ4n) is 4.33. The second-order valence-corrected chi connectivity index (χ2v) is 7.05. The topological polar surface area (TPSA) is 216 Å². The molecule has 0 fully saturated rings. The van der Waals surface area contributed by atoms with Crippen molar-refractivity contribution in [1.82, 2.24) is 0 Å². The summed E-state index contributed by atoms with van der Waals surface area (Å²) >= 11 is 0. The summed E-state index contributed by atoms with van der Waals surface area (Å²) in [7, 11) is 0. The summed E-state index contributed by atoms with van der Waals surface area (Å²) in [6.07, 6.45) is 0. The van der Waals surface area contributed by atoms with Gasteiger partial charge in [-0.2, -0.15) is 0 Å². The first-order valence-electron chi connectivity index (χ1n) is 9.21. The zero-order chi connectivity index (χ0) is 24.9. The van der Waals surface area contributed by atoms with Crippen LogP contribution in [0.2, 0.25) is 0 Å². The van der Waals surface area contributed by atoms with E-state index in [0.29, 0.717) is 0 Å². The van der Waals surface area contributed by atoms with Gasteiger partial charge in [0.25, 0.3) is 5.69 Å². The maximum absolute atomic E-state index is 12.1. The lowest BCUT2D eigenvalue weighted by Gasteiger charge is -2.14. The van der Waals surface area contributed by atoms with Gasteiger partial charge in [-0.3, -0.25) is 50.6 Å². The highest BCUT2D eigenvalue weighted by Gasteiger charge is 2.55. The first-order chi connectivity index (χ1) is 16.1. The van der Waals surface area contributed by atoms with Gasteiger partial charge < -0.3 is 0 Å². The summed E-state index contributed by atoms with van der Waals surface area (Å²) < 4.78 is 0. The quantitative estimate of drug-likeness (QED) is 0.287. The maximum Gasteiger partial charge on any atom is 0.430 e. The van der Waals surface area contributed by atoms with Crippen LogP contribution in [0.5, 0.6) is 0 Å². The van der Waals surface area contributed by atoms with Gasteiger partial charge in [0.2, 0.25) is 0 Å². The van der Waals surface area contributed by atoms with E-state index in [0.717, 1.165) is 6.07 Å². The van der Waals surface area contributed by atoms with Crippen molar-refractivity contribution in [2.75, 3.05) is 0 Å². The fourth-order valence-corrected chi connectivity index (χ4v) is 4.33. The Morgan fingerprint density at radius 2 is 1.06 bits per heavy atom. The molecule has 0 amide bonds. The number of hydrogen-bond acceptors (Lipinski definition) is 10. The number of nitro benzene ring substituents is 5. The van der Waals surface area contributed by atoms with Crippen molar-refractivity contribution >= 4 is 28.4 Å². The van der Waals surface area contributed by atoms with E-state index in [1.165, 1.54) is 36.4 Å². The number of rotatable bonds is 6. The van der Waals surface area contributed by atoms with Gasteiger partial charge in [-0.1, -0.05) is 42.5 Å². The summed E-state index contributed by atoms with van der Waals surface area (Å²) in [5.41, 5.74) is -8.35. The van der Waals surface area contributed by atoms with E-state index in [9.17, 15) is 50.6 Å². The van der Waals surface area contributed by atoms with E-state index in [2.05, 4.69) is 0 Å². The zero-order valence-electron chi connectivity index (χ0n) is 16.5. The molecule has 1 unspecified atom stereocenters. The van der Waals surface area contributed by atoms with Crippen molar-refractivity contribution in [2.45, 2.75) is 5.92 Å². The Morgan fingerprint density at radius 3 is 1.56 bits per heavy atom. The minimum absolute atomic E-state index is 0.0106. The molecule has 170 valence electrons. The molecule has 0 heterocycles. The number of hydrogen-bond donors (Lipinski definition) is 0. The second-order valence-electron chi connectivity index (χ2n) is 7.05. The SMILES string of the molecule is O=[N+]([O-])c1cccc2c1-c1c(c([N+](=O)[O-])c([N+](=O)[O-])c([N+](=O)[O-])c1[N+](=O)[O-])C2c1ccccc1. The van der Waals surface area contributed by atoms with E-state index < -0.39 is 75.7 Å². The summed E-state index contributed by atoms with van der Waals surface area (Å²) in [5.74, 6) is -1.27. The number of nitro groups is 5. The Hall–Kier alpha value is -5.34. The Morgan fingerprint density at radius 1 is 0.529 bits per heavy atom. The van der Waals surface area contributed by atoms with Gasteiger partial charge in [-0.25, -0.2) is 0 Å². The van der Waals surface area contributed by atoms with Gasteiger partial charge in [0.15, 0.2) is 0 Å². The van der Waals surface area contributed by atoms with Crippen LogP contribution in [0.15, 0.2) is 48.5 Å². The van der Waals surface area contributed by atoms with Gasteiger partial charge in [-0.05, 0) is 11.1 Å². The lowest BCUT2D eigenvalue weighted by atomic mass is 9.87.